The average molecular weight is 292 g/mol. The molecule has 0 aliphatic carbocycles. The summed E-state index contributed by atoms with van der Waals surface area (Å²) in [5.41, 5.74) is 1.09. The summed E-state index contributed by atoms with van der Waals surface area (Å²) < 4.78 is 7.69. The van der Waals surface area contributed by atoms with Crippen LogP contribution in [0.5, 0.6) is 0 Å². The zero-order chi connectivity index (χ0) is 14.7. The van der Waals surface area contributed by atoms with Gasteiger partial charge in [-0.25, -0.2) is 4.98 Å². The predicted molar refractivity (Wildman–Crippen MR) is 84.7 cm³/mol. The molecule has 2 fully saturated rings. The van der Waals surface area contributed by atoms with E-state index in [9.17, 15) is 0 Å². The van der Waals surface area contributed by atoms with Crippen LogP contribution in [-0.2, 0) is 11.3 Å². The van der Waals surface area contributed by atoms with Gasteiger partial charge in [-0.05, 0) is 46.1 Å². The Morgan fingerprint density at radius 2 is 2.29 bits per heavy atom. The molecule has 118 valence electrons. The monoisotopic (exact) mass is 292 g/mol. The van der Waals surface area contributed by atoms with Gasteiger partial charge in [-0.1, -0.05) is 0 Å². The molecule has 0 bridgehead atoms. The molecule has 3 rings (SSSR count). The van der Waals surface area contributed by atoms with E-state index in [4.69, 9.17) is 4.74 Å². The highest BCUT2D eigenvalue weighted by molar-refractivity contribution is 5.32. The molecule has 0 radical (unpaired) electrons. The molecular formula is C16H28N4O. The smallest absolute Gasteiger partial charge is 0.203 e. The molecule has 1 aromatic heterocycles. The number of hydrogen-bond donors (Lipinski definition) is 1. The number of ether oxygens (including phenoxy) is 1. The van der Waals surface area contributed by atoms with Crippen LogP contribution in [0.4, 0.5) is 5.95 Å². The molecule has 0 amide bonds. The maximum atomic E-state index is 5.43. The second-order valence-electron chi connectivity index (χ2n) is 6.23. The molecule has 2 unspecified atom stereocenters. The van der Waals surface area contributed by atoms with Crippen LogP contribution >= 0.6 is 0 Å². The van der Waals surface area contributed by atoms with E-state index in [1.54, 1.807) is 0 Å². The van der Waals surface area contributed by atoms with Gasteiger partial charge in [0.05, 0.1) is 5.69 Å². The number of aromatic nitrogens is 2. The standard InChI is InChI=1S/C16H28N4O/c1-3-21-11-5-9-20-12-13(2)17-16(20)18-14-7-10-19-8-4-6-15(14)19/h12,14-15H,3-11H2,1-2H3,(H,17,18). The molecular weight excluding hydrogens is 264 g/mol. The lowest BCUT2D eigenvalue weighted by molar-refractivity contribution is 0.142. The third-order valence-electron chi connectivity index (χ3n) is 4.71. The zero-order valence-corrected chi connectivity index (χ0v) is 13.3. The number of hydrogen-bond acceptors (Lipinski definition) is 4. The van der Waals surface area contributed by atoms with Crippen molar-refractivity contribution in [3.8, 4) is 0 Å². The van der Waals surface area contributed by atoms with Gasteiger partial charge in [0.15, 0.2) is 0 Å². The van der Waals surface area contributed by atoms with Crippen LogP contribution in [0.3, 0.4) is 0 Å². The zero-order valence-electron chi connectivity index (χ0n) is 13.3. The van der Waals surface area contributed by atoms with Crippen LogP contribution < -0.4 is 5.32 Å². The summed E-state index contributed by atoms with van der Waals surface area (Å²) in [4.78, 5) is 7.31. The van der Waals surface area contributed by atoms with Crippen molar-refractivity contribution in [2.24, 2.45) is 0 Å². The number of fused-ring (bicyclic) bond motifs is 1. The Labute approximate surface area is 127 Å². The van der Waals surface area contributed by atoms with E-state index in [1.807, 2.05) is 6.92 Å². The number of nitrogens with zero attached hydrogens (tertiary/aromatic N) is 3. The lowest BCUT2D eigenvalue weighted by Crippen LogP contribution is -2.34. The maximum Gasteiger partial charge on any atom is 0.203 e. The first-order valence-electron chi connectivity index (χ1n) is 8.40. The Morgan fingerprint density at radius 3 is 3.14 bits per heavy atom. The molecule has 21 heavy (non-hydrogen) atoms. The van der Waals surface area contributed by atoms with Crippen molar-refractivity contribution in [3.63, 3.8) is 0 Å². The van der Waals surface area contributed by atoms with Crippen LogP contribution in [0.2, 0.25) is 0 Å². The second-order valence-corrected chi connectivity index (χ2v) is 6.23. The molecule has 0 aromatic carbocycles. The lowest BCUT2D eigenvalue weighted by Gasteiger charge is -2.22. The molecule has 2 aliphatic rings. The minimum absolute atomic E-state index is 0.569. The van der Waals surface area contributed by atoms with Crippen LogP contribution in [0, 0.1) is 6.92 Å². The highest BCUT2D eigenvalue weighted by atomic mass is 16.5. The molecule has 1 N–H and O–H groups in total. The molecule has 3 heterocycles. The first-order valence-corrected chi connectivity index (χ1v) is 8.40. The van der Waals surface area contributed by atoms with Gasteiger partial charge in [0.1, 0.15) is 0 Å². The molecule has 1 aromatic rings. The maximum absolute atomic E-state index is 5.43. The fraction of sp³-hybridized carbons (Fsp3) is 0.812. The molecule has 0 spiro atoms. The minimum atomic E-state index is 0.569. The number of anilines is 1. The molecule has 0 saturated carbocycles. The minimum Gasteiger partial charge on any atom is -0.382 e. The van der Waals surface area contributed by atoms with E-state index >= 15 is 0 Å². The molecule has 2 atom stereocenters. The highest BCUT2D eigenvalue weighted by Gasteiger charge is 2.37. The Kier molecular flexibility index (Phi) is 4.80. The quantitative estimate of drug-likeness (QED) is 0.783. The van der Waals surface area contributed by atoms with Crippen molar-refractivity contribution >= 4 is 5.95 Å². The van der Waals surface area contributed by atoms with Gasteiger partial charge >= 0.3 is 0 Å². The van der Waals surface area contributed by atoms with Gasteiger partial charge in [-0.3, -0.25) is 4.90 Å². The first-order chi connectivity index (χ1) is 10.3. The summed E-state index contributed by atoms with van der Waals surface area (Å²) in [5, 5.41) is 3.71. The topological polar surface area (TPSA) is 42.3 Å². The SMILES string of the molecule is CCOCCCn1cc(C)nc1NC1CCN2CCCC12. The molecule has 2 saturated heterocycles. The van der Waals surface area contributed by atoms with Crippen molar-refractivity contribution in [1.29, 1.82) is 0 Å². The summed E-state index contributed by atoms with van der Waals surface area (Å²) in [6.45, 7) is 9.24. The molecule has 5 nitrogen and oxygen atoms in total. The normalized spacial score (nSPS) is 25.4. The van der Waals surface area contributed by atoms with E-state index in [0.717, 1.165) is 43.9 Å². The van der Waals surface area contributed by atoms with Gasteiger partial charge in [0.2, 0.25) is 5.95 Å². The number of imidazole rings is 1. The van der Waals surface area contributed by atoms with Crippen LogP contribution in [0.25, 0.3) is 0 Å². The van der Waals surface area contributed by atoms with Gasteiger partial charge in [0.25, 0.3) is 0 Å². The Hall–Kier alpha value is -1.07. The van der Waals surface area contributed by atoms with Crippen molar-refractivity contribution in [1.82, 2.24) is 14.5 Å². The fourth-order valence-corrected chi connectivity index (χ4v) is 3.73. The Balaban J connectivity index is 1.59. The van der Waals surface area contributed by atoms with Crippen molar-refractivity contribution in [3.05, 3.63) is 11.9 Å². The summed E-state index contributed by atoms with van der Waals surface area (Å²) in [6.07, 6.45) is 7.12. The third kappa shape index (κ3) is 3.40. The fourth-order valence-electron chi connectivity index (χ4n) is 3.73. The van der Waals surface area contributed by atoms with E-state index < -0.39 is 0 Å². The van der Waals surface area contributed by atoms with Crippen molar-refractivity contribution in [2.45, 2.75) is 58.2 Å². The van der Waals surface area contributed by atoms with Crippen LogP contribution in [0.15, 0.2) is 6.20 Å². The third-order valence-corrected chi connectivity index (χ3v) is 4.71. The summed E-state index contributed by atoms with van der Waals surface area (Å²) >= 11 is 0. The van der Waals surface area contributed by atoms with Crippen molar-refractivity contribution < 1.29 is 4.74 Å². The predicted octanol–water partition coefficient (Wildman–Crippen LogP) is 2.27. The number of rotatable bonds is 7. The Bertz CT molecular complexity index is 459. The number of aryl methyl sites for hydroxylation is 2. The highest BCUT2D eigenvalue weighted by Crippen LogP contribution is 2.30. The lowest BCUT2D eigenvalue weighted by atomic mass is 10.1. The van der Waals surface area contributed by atoms with Crippen LogP contribution in [-0.4, -0.2) is 52.8 Å². The summed E-state index contributed by atoms with van der Waals surface area (Å²) in [7, 11) is 0. The van der Waals surface area contributed by atoms with E-state index in [2.05, 4.69) is 32.9 Å². The largest absolute Gasteiger partial charge is 0.382 e. The molecule has 5 heteroatoms. The van der Waals surface area contributed by atoms with E-state index in [1.165, 1.54) is 32.4 Å². The number of nitrogens with one attached hydrogen (secondary N) is 1. The second kappa shape index (κ2) is 6.79. The Morgan fingerprint density at radius 1 is 1.38 bits per heavy atom. The summed E-state index contributed by atoms with van der Waals surface area (Å²) in [6, 6.07) is 1.29. The molecule has 2 aliphatic heterocycles. The summed E-state index contributed by atoms with van der Waals surface area (Å²) in [5.74, 6) is 1.04. The van der Waals surface area contributed by atoms with Crippen LogP contribution in [0.1, 0.15) is 38.3 Å². The average Bonchev–Trinajstić information content (AvgIpc) is 3.13. The van der Waals surface area contributed by atoms with Crippen molar-refractivity contribution in [2.75, 3.05) is 31.6 Å². The first kappa shape index (κ1) is 14.9. The van der Waals surface area contributed by atoms with E-state index in [-0.39, 0.29) is 0 Å². The van der Waals surface area contributed by atoms with Gasteiger partial charge in [-0.15, -0.1) is 0 Å². The van der Waals surface area contributed by atoms with E-state index in [0.29, 0.717) is 6.04 Å². The van der Waals surface area contributed by atoms with Gasteiger partial charge < -0.3 is 14.6 Å². The van der Waals surface area contributed by atoms with Gasteiger partial charge in [-0.2, -0.15) is 0 Å². The van der Waals surface area contributed by atoms with Gasteiger partial charge in [0, 0.05) is 44.6 Å².